The minimum Gasteiger partial charge on any atom is -0.491 e. The predicted octanol–water partition coefficient (Wildman–Crippen LogP) is 1.21. The Morgan fingerprint density at radius 3 is 2.33 bits per heavy atom. The van der Waals surface area contributed by atoms with Gasteiger partial charge in [-0.15, -0.1) is 0 Å². The number of ether oxygens (including phenoxy) is 4. The van der Waals surface area contributed by atoms with Crippen LogP contribution in [0.2, 0.25) is 5.02 Å². The molecule has 0 aliphatic carbocycles. The molecular formula is C36H46BClN6O8. The molecule has 0 spiro atoms. The van der Waals surface area contributed by atoms with Crippen LogP contribution in [0.25, 0.3) is 0 Å². The van der Waals surface area contributed by atoms with Crippen LogP contribution >= 0.6 is 11.6 Å². The molecule has 2 aliphatic heterocycles. The second-order valence-corrected chi connectivity index (χ2v) is 12.6. The van der Waals surface area contributed by atoms with Crippen molar-refractivity contribution in [3.05, 3.63) is 88.4 Å². The van der Waals surface area contributed by atoms with E-state index in [0.717, 1.165) is 22.5 Å². The SMILES string of the molecule is CCNC(=O)CC1N=C(c2ccc(Cl)cc2)c2cc(OCCOCCOCCOCCNC(=O)c3cccc(B(O)O)c3)ccc2N2C(C)NNC12. The van der Waals surface area contributed by atoms with Crippen molar-refractivity contribution in [1.29, 1.82) is 0 Å². The van der Waals surface area contributed by atoms with E-state index >= 15 is 0 Å². The van der Waals surface area contributed by atoms with Crippen LogP contribution in [0.1, 0.15) is 41.8 Å². The molecule has 3 aromatic carbocycles. The first-order valence-electron chi connectivity index (χ1n) is 17.4. The number of nitrogens with one attached hydrogen (secondary N) is 4. The summed E-state index contributed by atoms with van der Waals surface area (Å²) >= 11 is 6.23. The molecule has 52 heavy (non-hydrogen) atoms. The second kappa shape index (κ2) is 19.7. The van der Waals surface area contributed by atoms with Crippen LogP contribution in [0.3, 0.4) is 0 Å². The first kappa shape index (κ1) is 39.2. The molecule has 0 saturated carbocycles. The number of halogens is 1. The molecule has 2 heterocycles. The number of aliphatic imine (C=N–C) groups is 1. The Balaban J connectivity index is 1.06. The van der Waals surface area contributed by atoms with Crippen molar-refractivity contribution >= 4 is 47.4 Å². The number of hydrazine groups is 1. The number of hydrogen-bond acceptors (Lipinski definition) is 12. The van der Waals surface area contributed by atoms with E-state index in [1.54, 1.807) is 12.1 Å². The van der Waals surface area contributed by atoms with Crippen LogP contribution in [0.4, 0.5) is 5.69 Å². The second-order valence-electron chi connectivity index (χ2n) is 12.1. The highest BCUT2D eigenvalue weighted by molar-refractivity contribution is 6.58. The molecule has 3 unspecified atom stereocenters. The van der Waals surface area contributed by atoms with E-state index in [-0.39, 0.29) is 42.1 Å². The Labute approximate surface area is 308 Å². The third-order valence-corrected chi connectivity index (χ3v) is 8.68. The maximum atomic E-state index is 12.7. The van der Waals surface area contributed by atoms with E-state index in [9.17, 15) is 19.6 Å². The molecule has 1 saturated heterocycles. The van der Waals surface area contributed by atoms with Crippen LogP contribution in [-0.4, -0.2) is 112 Å². The van der Waals surface area contributed by atoms with Gasteiger partial charge in [0.2, 0.25) is 5.91 Å². The number of amides is 2. The molecule has 3 aromatic rings. The summed E-state index contributed by atoms with van der Waals surface area (Å²) in [6, 6.07) is 19.2. The smallest absolute Gasteiger partial charge is 0.488 e. The lowest BCUT2D eigenvalue weighted by atomic mass is 9.79. The minimum absolute atomic E-state index is 0.0543. The standard InChI is InChI=1S/C36H46BClN6O8/c1-3-39-33(45)23-31-35-43-42-24(2)44(35)32-12-11-29(22-30(32)34(41-31)25-7-9-28(38)10-8-25)52-20-19-51-18-17-50-16-15-49-14-13-40-36(46)26-5-4-6-27(21-26)37(47)48/h4-12,21-22,24,31,35,42-43,47-48H,3,13-20,23H2,1-2H3,(H,39,45)(H,40,46). The van der Waals surface area contributed by atoms with Crippen molar-refractivity contribution in [3.63, 3.8) is 0 Å². The molecular weight excluding hydrogens is 691 g/mol. The van der Waals surface area contributed by atoms with Crippen LogP contribution in [-0.2, 0) is 19.0 Å². The highest BCUT2D eigenvalue weighted by Gasteiger charge is 2.40. The quantitative estimate of drug-likeness (QED) is 0.0772. The fraction of sp³-hybridized carbons (Fsp3) is 0.417. The molecule has 0 aromatic heterocycles. The topological polar surface area (TPSA) is 175 Å². The van der Waals surface area contributed by atoms with Gasteiger partial charge in [0.15, 0.2) is 0 Å². The number of carbonyl (C=O) groups excluding carboxylic acids is 2. The Bertz CT molecular complexity index is 1670. The van der Waals surface area contributed by atoms with Gasteiger partial charge in [0.1, 0.15) is 18.5 Å². The normalized spacial score (nSPS) is 17.8. The Kier molecular flexibility index (Phi) is 14.8. The molecule has 1 fully saturated rings. The van der Waals surface area contributed by atoms with Gasteiger partial charge in [-0.25, -0.2) is 10.9 Å². The van der Waals surface area contributed by atoms with Crippen molar-refractivity contribution in [2.75, 3.05) is 64.2 Å². The van der Waals surface area contributed by atoms with E-state index in [0.29, 0.717) is 75.7 Å². The van der Waals surface area contributed by atoms with E-state index in [2.05, 4.69) is 33.3 Å². The summed E-state index contributed by atoms with van der Waals surface area (Å²) in [7, 11) is -1.63. The zero-order chi connectivity index (χ0) is 36.9. The lowest BCUT2D eigenvalue weighted by molar-refractivity contribution is -0.121. The predicted molar refractivity (Wildman–Crippen MR) is 199 cm³/mol. The van der Waals surface area contributed by atoms with Gasteiger partial charge in [-0.1, -0.05) is 35.9 Å². The van der Waals surface area contributed by atoms with Gasteiger partial charge in [0.05, 0.1) is 64.0 Å². The maximum absolute atomic E-state index is 12.7. The largest absolute Gasteiger partial charge is 0.491 e. The van der Waals surface area contributed by atoms with Crippen molar-refractivity contribution in [2.45, 2.75) is 38.6 Å². The Hall–Kier alpha value is -4.06. The van der Waals surface area contributed by atoms with Gasteiger partial charge >= 0.3 is 7.12 Å². The number of hydrogen-bond donors (Lipinski definition) is 6. The molecule has 16 heteroatoms. The minimum atomic E-state index is -1.63. The molecule has 2 amide bonds. The zero-order valence-electron chi connectivity index (χ0n) is 29.3. The summed E-state index contributed by atoms with van der Waals surface area (Å²) in [4.78, 5) is 32.4. The third kappa shape index (κ3) is 10.7. The maximum Gasteiger partial charge on any atom is 0.488 e. The summed E-state index contributed by atoms with van der Waals surface area (Å²) in [6.45, 7) is 7.33. The molecule has 0 bridgehead atoms. The van der Waals surface area contributed by atoms with Crippen LogP contribution in [0, 0.1) is 0 Å². The summed E-state index contributed by atoms with van der Waals surface area (Å²) in [5, 5.41) is 24.8. The van der Waals surface area contributed by atoms with Gasteiger partial charge in [0, 0.05) is 40.5 Å². The van der Waals surface area contributed by atoms with E-state index in [4.69, 9.17) is 35.5 Å². The first-order valence-corrected chi connectivity index (χ1v) is 17.8. The summed E-state index contributed by atoms with van der Waals surface area (Å²) in [6.07, 6.45) is -0.0847. The lowest BCUT2D eigenvalue weighted by Gasteiger charge is -2.31. The molecule has 3 atom stereocenters. The molecule has 278 valence electrons. The third-order valence-electron chi connectivity index (χ3n) is 8.42. The molecule has 5 rings (SSSR count). The van der Waals surface area contributed by atoms with Gasteiger partial charge in [0.25, 0.3) is 5.91 Å². The fourth-order valence-corrected chi connectivity index (χ4v) is 6.07. The van der Waals surface area contributed by atoms with Crippen molar-refractivity contribution in [3.8, 4) is 5.75 Å². The average Bonchev–Trinajstić information content (AvgIpc) is 3.46. The van der Waals surface area contributed by atoms with Crippen molar-refractivity contribution in [2.24, 2.45) is 4.99 Å². The number of nitrogens with zero attached hydrogens (tertiary/aromatic N) is 2. The van der Waals surface area contributed by atoms with E-state index in [1.165, 1.54) is 12.1 Å². The number of carbonyl (C=O) groups is 2. The highest BCUT2D eigenvalue weighted by atomic mass is 35.5. The van der Waals surface area contributed by atoms with Gasteiger partial charge in [-0.3, -0.25) is 14.6 Å². The number of fused-ring (bicyclic) bond motifs is 3. The molecule has 2 aliphatic rings. The van der Waals surface area contributed by atoms with E-state index in [1.807, 2.05) is 49.4 Å². The number of benzene rings is 3. The van der Waals surface area contributed by atoms with Gasteiger partial charge < -0.3 is 44.5 Å². The number of rotatable bonds is 19. The first-order chi connectivity index (χ1) is 25.2. The van der Waals surface area contributed by atoms with Gasteiger partial charge in [-0.05, 0) is 61.8 Å². The van der Waals surface area contributed by atoms with Gasteiger partial charge in [-0.2, -0.15) is 0 Å². The summed E-state index contributed by atoms with van der Waals surface area (Å²) in [5.74, 6) is 0.277. The van der Waals surface area contributed by atoms with Crippen LogP contribution < -0.4 is 36.6 Å². The lowest BCUT2D eigenvalue weighted by Crippen LogP contribution is -2.47. The Morgan fingerprint density at radius 1 is 0.904 bits per heavy atom. The van der Waals surface area contributed by atoms with Crippen molar-refractivity contribution < 1.29 is 38.6 Å². The summed E-state index contributed by atoms with van der Waals surface area (Å²) in [5.41, 5.74) is 10.7. The highest BCUT2D eigenvalue weighted by Crippen LogP contribution is 2.36. The fourth-order valence-electron chi connectivity index (χ4n) is 5.95. The average molecular weight is 737 g/mol. The zero-order valence-corrected chi connectivity index (χ0v) is 30.1. The number of anilines is 1. The van der Waals surface area contributed by atoms with Crippen LogP contribution in [0.15, 0.2) is 71.7 Å². The monoisotopic (exact) mass is 736 g/mol. The van der Waals surface area contributed by atoms with E-state index < -0.39 is 7.12 Å². The van der Waals surface area contributed by atoms with Crippen molar-refractivity contribution in [1.82, 2.24) is 21.5 Å². The Morgan fingerprint density at radius 2 is 1.62 bits per heavy atom. The molecule has 14 nitrogen and oxygen atoms in total. The van der Waals surface area contributed by atoms with Crippen LogP contribution in [0.5, 0.6) is 5.75 Å². The molecule has 6 N–H and O–H groups in total. The molecule has 0 radical (unpaired) electrons. The summed E-state index contributed by atoms with van der Waals surface area (Å²) < 4.78 is 22.9.